The molecular weight excluding hydrogens is 202 g/mol. The minimum atomic E-state index is -0.0536. The van der Waals surface area contributed by atoms with Crippen molar-refractivity contribution in [3.05, 3.63) is 41.5 Å². The average molecular weight is 217 g/mol. The smallest absolute Gasteiger partial charge is 0.217 e. The minimum Gasteiger partial charge on any atom is -0.384 e. The summed E-state index contributed by atoms with van der Waals surface area (Å²) in [5.74, 6) is -0.000697. The Morgan fingerprint density at radius 3 is 2.94 bits per heavy atom. The van der Waals surface area contributed by atoms with E-state index in [0.717, 1.165) is 5.56 Å². The van der Waals surface area contributed by atoms with Crippen molar-refractivity contribution in [3.8, 4) is 0 Å². The number of amides is 1. The maximum absolute atomic E-state index is 10.6. The Bertz CT molecular complexity index is 424. The van der Waals surface area contributed by atoms with E-state index in [0.29, 0.717) is 12.1 Å². The van der Waals surface area contributed by atoms with Gasteiger partial charge >= 0.3 is 0 Å². The molecule has 4 N–H and O–H groups in total. The molecule has 0 fully saturated rings. The number of amidine groups is 1. The molecular formula is C12H15N3O. The minimum absolute atomic E-state index is 0.0529. The van der Waals surface area contributed by atoms with E-state index < -0.39 is 0 Å². The van der Waals surface area contributed by atoms with Crippen LogP contribution in [0.4, 0.5) is 0 Å². The van der Waals surface area contributed by atoms with Crippen LogP contribution in [0, 0.1) is 5.41 Å². The SMILES string of the molecule is CC(=O)NCC=Cc1cccc(C(=N)N)c1. The van der Waals surface area contributed by atoms with Gasteiger partial charge in [-0.1, -0.05) is 30.4 Å². The Balaban J connectivity index is 2.63. The van der Waals surface area contributed by atoms with E-state index in [1.165, 1.54) is 6.92 Å². The van der Waals surface area contributed by atoms with Crippen molar-refractivity contribution in [2.24, 2.45) is 5.73 Å². The molecule has 0 aliphatic heterocycles. The zero-order chi connectivity index (χ0) is 12.0. The summed E-state index contributed by atoms with van der Waals surface area (Å²) in [6.07, 6.45) is 3.73. The number of benzene rings is 1. The van der Waals surface area contributed by atoms with Crippen molar-refractivity contribution in [1.82, 2.24) is 5.32 Å². The van der Waals surface area contributed by atoms with Crippen molar-refractivity contribution >= 4 is 17.8 Å². The number of hydrogen-bond acceptors (Lipinski definition) is 2. The van der Waals surface area contributed by atoms with Gasteiger partial charge in [-0.05, 0) is 11.6 Å². The second-order valence-corrected chi connectivity index (χ2v) is 3.38. The Labute approximate surface area is 94.7 Å². The summed E-state index contributed by atoms with van der Waals surface area (Å²) in [7, 11) is 0. The van der Waals surface area contributed by atoms with E-state index in [-0.39, 0.29) is 11.7 Å². The lowest BCUT2D eigenvalue weighted by Gasteiger charge is -1.99. The molecule has 0 saturated carbocycles. The van der Waals surface area contributed by atoms with Crippen LogP contribution in [0.25, 0.3) is 6.08 Å². The predicted octanol–water partition coefficient (Wildman–Crippen LogP) is 1.12. The summed E-state index contributed by atoms with van der Waals surface area (Å²) in [5.41, 5.74) is 7.03. The van der Waals surface area contributed by atoms with Crippen LogP contribution in [0.15, 0.2) is 30.3 Å². The van der Waals surface area contributed by atoms with Gasteiger partial charge in [-0.2, -0.15) is 0 Å². The maximum Gasteiger partial charge on any atom is 0.217 e. The molecule has 1 amide bonds. The number of carbonyl (C=O) groups is 1. The molecule has 1 rings (SSSR count). The third-order valence-electron chi connectivity index (χ3n) is 1.98. The third kappa shape index (κ3) is 3.96. The number of nitrogen functional groups attached to an aromatic ring is 1. The first kappa shape index (κ1) is 12.0. The van der Waals surface area contributed by atoms with Crippen LogP contribution in [-0.2, 0) is 4.79 Å². The molecule has 0 spiro atoms. The lowest BCUT2D eigenvalue weighted by atomic mass is 10.1. The fourth-order valence-electron chi connectivity index (χ4n) is 1.21. The number of carbonyl (C=O) groups excluding carboxylic acids is 1. The molecule has 0 atom stereocenters. The molecule has 0 aliphatic rings. The molecule has 4 nitrogen and oxygen atoms in total. The summed E-state index contributed by atoms with van der Waals surface area (Å²) in [6, 6.07) is 7.37. The monoisotopic (exact) mass is 217 g/mol. The van der Waals surface area contributed by atoms with Crippen LogP contribution in [-0.4, -0.2) is 18.3 Å². The lowest BCUT2D eigenvalue weighted by molar-refractivity contribution is -0.118. The van der Waals surface area contributed by atoms with Crippen LogP contribution < -0.4 is 11.1 Å². The summed E-state index contributed by atoms with van der Waals surface area (Å²) < 4.78 is 0. The molecule has 0 aromatic heterocycles. The molecule has 1 aromatic carbocycles. The molecule has 0 aliphatic carbocycles. The molecule has 0 radical (unpaired) electrons. The highest BCUT2D eigenvalue weighted by Gasteiger charge is 1.95. The molecule has 1 aromatic rings. The second kappa shape index (κ2) is 5.70. The molecule has 0 heterocycles. The highest BCUT2D eigenvalue weighted by atomic mass is 16.1. The second-order valence-electron chi connectivity index (χ2n) is 3.38. The summed E-state index contributed by atoms with van der Waals surface area (Å²) >= 11 is 0. The zero-order valence-electron chi connectivity index (χ0n) is 9.16. The molecule has 4 heteroatoms. The van der Waals surface area contributed by atoms with Gasteiger partial charge in [-0.15, -0.1) is 0 Å². The van der Waals surface area contributed by atoms with Gasteiger partial charge in [-0.3, -0.25) is 10.2 Å². The van der Waals surface area contributed by atoms with Gasteiger partial charge < -0.3 is 11.1 Å². The van der Waals surface area contributed by atoms with E-state index in [2.05, 4.69) is 5.32 Å². The lowest BCUT2D eigenvalue weighted by Crippen LogP contribution is -2.19. The standard InChI is InChI=1S/C12H15N3O/c1-9(16)15-7-3-5-10-4-2-6-11(8-10)12(13)14/h2-6,8H,7H2,1H3,(H3,13,14)(H,15,16). The molecule has 0 unspecified atom stereocenters. The Kier molecular flexibility index (Phi) is 4.27. The Morgan fingerprint density at radius 2 is 2.31 bits per heavy atom. The van der Waals surface area contributed by atoms with E-state index in [1.807, 2.05) is 30.4 Å². The van der Waals surface area contributed by atoms with Gasteiger partial charge in [-0.25, -0.2) is 0 Å². The molecule has 0 bridgehead atoms. The largest absolute Gasteiger partial charge is 0.384 e. The van der Waals surface area contributed by atoms with Crippen LogP contribution in [0.3, 0.4) is 0 Å². The van der Waals surface area contributed by atoms with Crippen molar-refractivity contribution in [3.63, 3.8) is 0 Å². The van der Waals surface area contributed by atoms with Crippen molar-refractivity contribution in [2.45, 2.75) is 6.92 Å². The number of rotatable bonds is 4. The van der Waals surface area contributed by atoms with Gasteiger partial charge in [0, 0.05) is 19.0 Å². The topological polar surface area (TPSA) is 79.0 Å². The fraction of sp³-hybridized carbons (Fsp3) is 0.167. The quantitative estimate of drug-likeness (QED) is 0.522. The van der Waals surface area contributed by atoms with E-state index in [9.17, 15) is 4.79 Å². The fourth-order valence-corrected chi connectivity index (χ4v) is 1.21. The van der Waals surface area contributed by atoms with Gasteiger partial charge in [0.2, 0.25) is 5.91 Å². The maximum atomic E-state index is 10.6. The summed E-state index contributed by atoms with van der Waals surface area (Å²) in [4.78, 5) is 10.6. The first-order valence-electron chi connectivity index (χ1n) is 4.95. The summed E-state index contributed by atoms with van der Waals surface area (Å²) in [6.45, 7) is 1.98. The number of hydrogen-bond donors (Lipinski definition) is 3. The third-order valence-corrected chi connectivity index (χ3v) is 1.98. The summed E-state index contributed by atoms with van der Waals surface area (Å²) in [5, 5.41) is 9.96. The number of nitrogens with two attached hydrogens (primary N) is 1. The van der Waals surface area contributed by atoms with Crippen LogP contribution in [0.1, 0.15) is 18.1 Å². The van der Waals surface area contributed by atoms with Gasteiger partial charge in [0.1, 0.15) is 5.84 Å². The van der Waals surface area contributed by atoms with Gasteiger partial charge in [0.05, 0.1) is 0 Å². The van der Waals surface area contributed by atoms with Crippen molar-refractivity contribution in [2.75, 3.05) is 6.54 Å². The van der Waals surface area contributed by atoms with Crippen LogP contribution in [0.5, 0.6) is 0 Å². The van der Waals surface area contributed by atoms with E-state index in [4.69, 9.17) is 11.1 Å². The van der Waals surface area contributed by atoms with Gasteiger partial charge in [0.15, 0.2) is 0 Å². The number of nitrogens with one attached hydrogen (secondary N) is 2. The van der Waals surface area contributed by atoms with Gasteiger partial charge in [0.25, 0.3) is 0 Å². The Hall–Kier alpha value is -2.10. The van der Waals surface area contributed by atoms with Crippen LogP contribution >= 0.6 is 0 Å². The van der Waals surface area contributed by atoms with Crippen molar-refractivity contribution in [1.29, 1.82) is 5.41 Å². The molecule has 0 saturated heterocycles. The van der Waals surface area contributed by atoms with Crippen molar-refractivity contribution < 1.29 is 4.79 Å². The van der Waals surface area contributed by atoms with E-state index >= 15 is 0 Å². The molecule has 84 valence electrons. The average Bonchev–Trinajstić information content (AvgIpc) is 2.24. The molecule has 16 heavy (non-hydrogen) atoms. The van der Waals surface area contributed by atoms with Crippen LogP contribution in [0.2, 0.25) is 0 Å². The first-order chi connectivity index (χ1) is 7.59. The predicted molar refractivity (Wildman–Crippen MR) is 65.2 cm³/mol. The van der Waals surface area contributed by atoms with E-state index in [1.54, 1.807) is 6.07 Å². The Morgan fingerprint density at radius 1 is 1.56 bits per heavy atom. The zero-order valence-corrected chi connectivity index (χ0v) is 9.16. The first-order valence-corrected chi connectivity index (χ1v) is 4.95. The highest BCUT2D eigenvalue weighted by Crippen LogP contribution is 2.06. The normalized spacial score (nSPS) is 10.3. The highest BCUT2D eigenvalue weighted by molar-refractivity contribution is 5.95.